The van der Waals surface area contributed by atoms with Gasteiger partial charge in [-0.25, -0.2) is 4.79 Å². The van der Waals surface area contributed by atoms with Gasteiger partial charge in [0, 0.05) is 17.0 Å². The van der Waals surface area contributed by atoms with Crippen molar-refractivity contribution in [2.45, 2.75) is 40.2 Å². The molecule has 0 bridgehead atoms. The third-order valence-corrected chi connectivity index (χ3v) is 3.14. The number of amides is 1. The number of aromatic amines is 1. The average molecular weight is 267 g/mol. The number of carbonyl (C=O) groups excluding carboxylic acids is 1. The Labute approximate surface area is 112 Å². The first-order valence-corrected chi connectivity index (χ1v) is 6.31. The standard InChI is InChI=1S/C13H21N3O3/c1-7(2)11(6-17)16-12(18)5-10-8(3)14-13(19)15-9(10)4/h7,11,17H,5-6H2,1-4H3,(H,16,18)(H,14,15,19). The zero-order chi connectivity index (χ0) is 14.6. The molecular formula is C13H21N3O3. The van der Waals surface area contributed by atoms with E-state index in [2.05, 4.69) is 15.3 Å². The molecule has 1 atom stereocenters. The lowest BCUT2D eigenvalue weighted by Gasteiger charge is -2.20. The minimum absolute atomic E-state index is 0.0920. The number of aryl methyl sites for hydroxylation is 2. The van der Waals surface area contributed by atoms with Gasteiger partial charge in [0.15, 0.2) is 0 Å². The lowest BCUT2D eigenvalue weighted by atomic mass is 10.0. The fourth-order valence-corrected chi connectivity index (χ4v) is 1.86. The molecule has 106 valence electrons. The van der Waals surface area contributed by atoms with Gasteiger partial charge in [-0.2, -0.15) is 4.98 Å². The Balaban J connectivity index is 2.80. The summed E-state index contributed by atoms with van der Waals surface area (Å²) in [6.07, 6.45) is 0.144. The highest BCUT2D eigenvalue weighted by atomic mass is 16.3. The number of hydrogen-bond donors (Lipinski definition) is 3. The smallest absolute Gasteiger partial charge is 0.345 e. The van der Waals surface area contributed by atoms with Gasteiger partial charge >= 0.3 is 5.69 Å². The first-order chi connectivity index (χ1) is 8.85. The summed E-state index contributed by atoms with van der Waals surface area (Å²) < 4.78 is 0. The Bertz CT molecular complexity index is 482. The van der Waals surface area contributed by atoms with Crippen LogP contribution in [0.3, 0.4) is 0 Å². The fraction of sp³-hybridized carbons (Fsp3) is 0.615. The highest BCUT2D eigenvalue weighted by Gasteiger charge is 2.17. The summed E-state index contributed by atoms with van der Waals surface area (Å²) in [6.45, 7) is 7.21. The number of aliphatic hydroxyl groups excluding tert-OH is 1. The quantitative estimate of drug-likeness (QED) is 0.703. The number of aromatic nitrogens is 2. The molecule has 0 aliphatic rings. The van der Waals surface area contributed by atoms with Gasteiger partial charge in [-0.15, -0.1) is 0 Å². The molecule has 0 radical (unpaired) electrons. The summed E-state index contributed by atoms with van der Waals surface area (Å²) in [7, 11) is 0. The van der Waals surface area contributed by atoms with Gasteiger partial charge in [-0.05, 0) is 19.8 Å². The van der Waals surface area contributed by atoms with E-state index in [-0.39, 0.29) is 30.9 Å². The predicted octanol–water partition coefficient (Wildman–Crippen LogP) is 0.0623. The van der Waals surface area contributed by atoms with E-state index in [0.29, 0.717) is 11.4 Å². The van der Waals surface area contributed by atoms with Crippen molar-refractivity contribution in [1.82, 2.24) is 15.3 Å². The first-order valence-electron chi connectivity index (χ1n) is 6.31. The lowest BCUT2D eigenvalue weighted by Crippen LogP contribution is -2.42. The SMILES string of the molecule is Cc1nc(=O)[nH]c(C)c1CC(=O)NC(CO)C(C)C. The average Bonchev–Trinajstić information content (AvgIpc) is 2.30. The Morgan fingerprint density at radius 1 is 1.42 bits per heavy atom. The maximum atomic E-state index is 11.9. The van der Waals surface area contributed by atoms with Crippen LogP contribution < -0.4 is 11.0 Å². The highest BCUT2D eigenvalue weighted by molar-refractivity contribution is 5.79. The normalized spacial score (nSPS) is 12.5. The van der Waals surface area contributed by atoms with Crippen molar-refractivity contribution in [3.05, 3.63) is 27.4 Å². The summed E-state index contributed by atoms with van der Waals surface area (Å²) in [5.41, 5.74) is 1.52. The van der Waals surface area contributed by atoms with Gasteiger partial charge < -0.3 is 15.4 Å². The summed E-state index contributed by atoms with van der Waals surface area (Å²) in [5, 5.41) is 12.0. The third kappa shape index (κ3) is 4.17. The molecule has 0 fully saturated rings. The molecule has 1 aromatic heterocycles. The van der Waals surface area contributed by atoms with E-state index in [1.165, 1.54) is 0 Å². The minimum Gasteiger partial charge on any atom is -0.394 e. The van der Waals surface area contributed by atoms with Gasteiger partial charge in [0.1, 0.15) is 0 Å². The van der Waals surface area contributed by atoms with E-state index >= 15 is 0 Å². The second-order valence-corrected chi connectivity index (χ2v) is 5.01. The largest absolute Gasteiger partial charge is 0.394 e. The monoisotopic (exact) mass is 267 g/mol. The molecule has 1 amide bonds. The Morgan fingerprint density at radius 2 is 2.05 bits per heavy atom. The topological polar surface area (TPSA) is 95.1 Å². The Hall–Kier alpha value is -1.69. The molecule has 0 aliphatic heterocycles. The number of nitrogens with one attached hydrogen (secondary N) is 2. The third-order valence-electron chi connectivity index (χ3n) is 3.14. The summed E-state index contributed by atoms with van der Waals surface area (Å²) in [5.74, 6) is -0.0300. The molecule has 0 spiro atoms. The van der Waals surface area contributed by atoms with E-state index in [0.717, 1.165) is 5.56 Å². The molecule has 1 unspecified atom stereocenters. The number of hydrogen-bond acceptors (Lipinski definition) is 4. The second kappa shape index (κ2) is 6.47. The van der Waals surface area contributed by atoms with Crippen LogP contribution in [-0.2, 0) is 11.2 Å². The molecule has 0 saturated heterocycles. The van der Waals surface area contributed by atoms with Gasteiger partial charge in [-0.3, -0.25) is 4.79 Å². The van der Waals surface area contributed by atoms with Crippen molar-refractivity contribution in [1.29, 1.82) is 0 Å². The van der Waals surface area contributed by atoms with Gasteiger partial charge in [0.05, 0.1) is 19.1 Å². The number of nitrogens with zero attached hydrogens (tertiary/aromatic N) is 1. The summed E-state index contributed by atoms with van der Waals surface area (Å²) in [6, 6.07) is -0.260. The van der Waals surface area contributed by atoms with E-state index in [4.69, 9.17) is 0 Å². The zero-order valence-electron chi connectivity index (χ0n) is 11.8. The van der Waals surface area contributed by atoms with Crippen molar-refractivity contribution in [2.75, 3.05) is 6.61 Å². The number of H-pyrrole nitrogens is 1. The van der Waals surface area contributed by atoms with E-state index in [1.807, 2.05) is 13.8 Å². The van der Waals surface area contributed by atoms with E-state index in [9.17, 15) is 14.7 Å². The maximum Gasteiger partial charge on any atom is 0.345 e. The molecule has 0 aliphatic carbocycles. The zero-order valence-corrected chi connectivity index (χ0v) is 11.8. The van der Waals surface area contributed by atoms with E-state index in [1.54, 1.807) is 13.8 Å². The molecule has 6 heteroatoms. The van der Waals surface area contributed by atoms with E-state index < -0.39 is 5.69 Å². The molecule has 1 rings (SSSR count). The van der Waals surface area contributed by atoms with Crippen molar-refractivity contribution in [3.8, 4) is 0 Å². The molecule has 0 aromatic carbocycles. The number of rotatable bonds is 5. The maximum absolute atomic E-state index is 11.9. The Kier molecular flexibility index (Phi) is 5.23. The van der Waals surface area contributed by atoms with Crippen molar-refractivity contribution in [3.63, 3.8) is 0 Å². The molecule has 0 saturated carbocycles. The van der Waals surface area contributed by atoms with Gasteiger partial charge in [-0.1, -0.05) is 13.8 Å². The summed E-state index contributed by atoms with van der Waals surface area (Å²) in [4.78, 5) is 29.5. The van der Waals surface area contributed by atoms with Crippen molar-refractivity contribution in [2.24, 2.45) is 5.92 Å². The fourth-order valence-electron chi connectivity index (χ4n) is 1.86. The van der Waals surface area contributed by atoms with Crippen molar-refractivity contribution >= 4 is 5.91 Å². The molecule has 3 N–H and O–H groups in total. The number of carbonyl (C=O) groups is 1. The van der Waals surface area contributed by atoms with Crippen LogP contribution in [0.1, 0.15) is 30.8 Å². The highest BCUT2D eigenvalue weighted by Crippen LogP contribution is 2.08. The molecular weight excluding hydrogens is 246 g/mol. The van der Waals surface area contributed by atoms with Crippen LogP contribution in [0.2, 0.25) is 0 Å². The van der Waals surface area contributed by atoms with Crippen LogP contribution in [-0.4, -0.2) is 33.6 Å². The van der Waals surface area contributed by atoms with Crippen LogP contribution in [0, 0.1) is 19.8 Å². The minimum atomic E-state index is -0.408. The Morgan fingerprint density at radius 3 is 2.53 bits per heavy atom. The van der Waals surface area contributed by atoms with Crippen molar-refractivity contribution < 1.29 is 9.90 Å². The second-order valence-electron chi connectivity index (χ2n) is 5.01. The first kappa shape index (κ1) is 15.4. The summed E-state index contributed by atoms with van der Waals surface area (Å²) >= 11 is 0. The van der Waals surface area contributed by atoms with Crippen LogP contribution >= 0.6 is 0 Å². The van der Waals surface area contributed by atoms with Crippen LogP contribution in [0.5, 0.6) is 0 Å². The van der Waals surface area contributed by atoms with Crippen LogP contribution in [0.4, 0.5) is 0 Å². The van der Waals surface area contributed by atoms with Gasteiger partial charge in [0.25, 0.3) is 0 Å². The molecule has 6 nitrogen and oxygen atoms in total. The van der Waals surface area contributed by atoms with Crippen LogP contribution in [0.15, 0.2) is 4.79 Å². The van der Waals surface area contributed by atoms with Gasteiger partial charge in [0.2, 0.25) is 5.91 Å². The number of aliphatic hydroxyl groups is 1. The molecule has 1 heterocycles. The lowest BCUT2D eigenvalue weighted by molar-refractivity contribution is -0.121. The molecule has 1 aromatic rings. The van der Waals surface area contributed by atoms with Crippen LogP contribution in [0.25, 0.3) is 0 Å². The predicted molar refractivity (Wildman–Crippen MR) is 71.9 cm³/mol. The molecule has 19 heavy (non-hydrogen) atoms.